The molecule has 1 aliphatic rings. The van der Waals surface area contributed by atoms with E-state index in [0.29, 0.717) is 36.6 Å². The molecule has 0 aliphatic carbocycles. The predicted molar refractivity (Wildman–Crippen MR) is 123 cm³/mol. The molecule has 0 saturated carbocycles. The first kappa shape index (κ1) is 24.4. The Morgan fingerprint density at radius 2 is 1.85 bits per heavy atom. The molecule has 0 spiro atoms. The maximum absolute atomic E-state index is 14.5. The minimum absolute atomic E-state index is 0.138. The molecule has 2 aromatic carbocycles. The van der Waals surface area contributed by atoms with E-state index in [4.69, 9.17) is 9.47 Å². The summed E-state index contributed by atoms with van der Waals surface area (Å²) in [5.41, 5.74) is 1.69. The summed E-state index contributed by atoms with van der Waals surface area (Å²) in [6, 6.07) is 13.3. The first-order valence-corrected chi connectivity index (χ1v) is 10.9. The number of hydrogen-bond donors (Lipinski definition) is 0. The standard InChI is InChI=1S/C25H30FN3O4/c1-17(2)25(31)28(13-14-32-3)16-24(30)29-23(18-9-11-19(33-4)12-10-18)15-22(27-29)20-7-5-6-8-21(20)26/h5-12,17,23H,13-16H2,1-4H3. The van der Waals surface area contributed by atoms with Gasteiger partial charge in [0.05, 0.1) is 25.5 Å². The number of nitrogens with zero attached hydrogens (tertiary/aromatic N) is 3. The van der Waals surface area contributed by atoms with Crippen LogP contribution in [0.1, 0.15) is 37.4 Å². The van der Waals surface area contributed by atoms with Gasteiger partial charge in [-0.1, -0.05) is 44.2 Å². The van der Waals surface area contributed by atoms with Gasteiger partial charge in [-0.2, -0.15) is 5.10 Å². The van der Waals surface area contributed by atoms with Crippen LogP contribution in [-0.4, -0.2) is 61.4 Å². The van der Waals surface area contributed by atoms with E-state index in [9.17, 15) is 14.0 Å². The van der Waals surface area contributed by atoms with Crippen molar-refractivity contribution in [1.29, 1.82) is 0 Å². The molecule has 1 aliphatic heterocycles. The normalized spacial score (nSPS) is 15.5. The third kappa shape index (κ3) is 5.76. The summed E-state index contributed by atoms with van der Waals surface area (Å²) in [6.45, 7) is 4.05. The summed E-state index contributed by atoms with van der Waals surface area (Å²) in [7, 11) is 3.13. The van der Waals surface area contributed by atoms with E-state index in [1.807, 2.05) is 24.3 Å². The number of carbonyl (C=O) groups is 2. The van der Waals surface area contributed by atoms with Crippen LogP contribution in [0.2, 0.25) is 0 Å². The SMILES string of the molecule is COCCN(CC(=O)N1N=C(c2ccccc2F)CC1c1ccc(OC)cc1)C(=O)C(C)C. The second-order valence-electron chi connectivity index (χ2n) is 8.17. The molecular formula is C25H30FN3O4. The number of halogens is 1. The molecule has 2 amide bonds. The Labute approximate surface area is 193 Å². The molecule has 2 aromatic rings. The van der Waals surface area contributed by atoms with Crippen molar-refractivity contribution in [2.45, 2.75) is 26.3 Å². The monoisotopic (exact) mass is 455 g/mol. The molecule has 33 heavy (non-hydrogen) atoms. The predicted octanol–water partition coefficient (Wildman–Crippen LogP) is 3.64. The molecule has 0 saturated heterocycles. The lowest BCUT2D eigenvalue weighted by molar-refractivity contribution is -0.143. The zero-order chi connectivity index (χ0) is 24.0. The largest absolute Gasteiger partial charge is 0.497 e. The Kier molecular flexibility index (Phi) is 8.16. The van der Waals surface area contributed by atoms with Crippen molar-refractivity contribution in [1.82, 2.24) is 9.91 Å². The average molecular weight is 456 g/mol. The van der Waals surface area contributed by atoms with Crippen LogP contribution in [0.4, 0.5) is 4.39 Å². The first-order valence-electron chi connectivity index (χ1n) is 10.9. The Hall–Kier alpha value is -3.26. The number of carbonyl (C=O) groups excluding carboxylic acids is 2. The lowest BCUT2D eigenvalue weighted by Crippen LogP contribution is -2.44. The summed E-state index contributed by atoms with van der Waals surface area (Å²) in [5, 5.41) is 5.89. The number of hydrogen-bond acceptors (Lipinski definition) is 5. The van der Waals surface area contributed by atoms with Crippen LogP contribution in [0.5, 0.6) is 5.75 Å². The van der Waals surface area contributed by atoms with E-state index in [0.717, 1.165) is 5.56 Å². The molecule has 0 aromatic heterocycles. The van der Waals surface area contributed by atoms with Gasteiger partial charge in [-0.25, -0.2) is 9.40 Å². The van der Waals surface area contributed by atoms with Gasteiger partial charge in [-0.05, 0) is 23.8 Å². The minimum Gasteiger partial charge on any atom is -0.497 e. The number of benzene rings is 2. The van der Waals surface area contributed by atoms with Crippen LogP contribution >= 0.6 is 0 Å². The van der Waals surface area contributed by atoms with E-state index in [2.05, 4.69) is 5.10 Å². The smallest absolute Gasteiger partial charge is 0.262 e. The number of rotatable bonds is 9. The maximum Gasteiger partial charge on any atom is 0.262 e. The zero-order valence-electron chi connectivity index (χ0n) is 19.5. The van der Waals surface area contributed by atoms with Crippen LogP contribution in [-0.2, 0) is 14.3 Å². The fraction of sp³-hybridized carbons (Fsp3) is 0.400. The van der Waals surface area contributed by atoms with Crippen LogP contribution in [0.25, 0.3) is 0 Å². The van der Waals surface area contributed by atoms with E-state index < -0.39 is 11.9 Å². The van der Waals surface area contributed by atoms with Crippen LogP contribution in [0.15, 0.2) is 53.6 Å². The highest BCUT2D eigenvalue weighted by Gasteiger charge is 2.35. The highest BCUT2D eigenvalue weighted by atomic mass is 19.1. The van der Waals surface area contributed by atoms with Crippen molar-refractivity contribution in [2.24, 2.45) is 11.0 Å². The summed E-state index contributed by atoms with van der Waals surface area (Å²) >= 11 is 0. The van der Waals surface area contributed by atoms with E-state index in [1.165, 1.54) is 16.0 Å². The Morgan fingerprint density at radius 1 is 1.15 bits per heavy atom. The molecule has 8 heteroatoms. The number of ether oxygens (including phenoxy) is 2. The third-order valence-electron chi connectivity index (χ3n) is 5.55. The second kappa shape index (κ2) is 11.0. The Balaban J connectivity index is 1.92. The highest BCUT2D eigenvalue weighted by molar-refractivity contribution is 6.03. The molecule has 1 atom stereocenters. The molecule has 0 bridgehead atoms. The van der Waals surface area contributed by atoms with Crippen LogP contribution < -0.4 is 4.74 Å². The van der Waals surface area contributed by atoms with Gasteiger partial charge in [0.1, 0.15) is 18.1 Å². The minimum atomic E-state index is -0.420. The second-order valence-corrected chi connectivity index (χ2v) is 8.17. The molecule has 0 N–H and O–H groups in total. The number of amides is 2. The third-order valence-corrected chi connectivity index (χ3v) is 5.55. The molecule has 0 radical (unpaired) electrons. The summed E-state index contributed by atoms with van der Waals surface area (Å²) in [5.74, 6) is -0.442. The quantitative estimate of drug-likeness (QED) is 0.579. The molecule has 1 heterocycles. The molecule has 7 nitrogen and oxygen atoms in total. The summed E-state index contributed by atoms with van der Waals surface area (Å²) in [4.78, 5) is 27.5. The Bertz CT molecular complexity index is 1010. The molecular weight excluding hydrogens is 425 g/mol. The van der Waals surface area contributed by atoms with Crippen molar-refractivity contribution in [3.05, 3.63) is 65.5 Å². The summed E-state index contributed by atoms with van der Waals surface area (Å²) in [6.07, 6.45) is 0.356. The lowest BCUT2D eigenvalue weighted by Gasteiger charge is -2.28. The lowest BCUT2D eigenvalue weighted by atomic mass is 9.98. The fourth-order valence-corrected chi connectivity index (χ4v) is 3.75. The molecule has 3 rings (SSSR count). The maximum atomic E-state index is 14.5. The van der Waals surface area contributed by atoms with Gasteiger partial charge < -0.3 is 14.4 Å². The van der Waals surface area contributed by atoms with Crippen molar-refractivity contribution in [3.8, 4) is 5.75 Å². The van der Waals surface area contributed by atoms with Gasteiger partial charge >= 0.3 is 0 Å². The average Bonchev–Trinajstić information content (AvgIpc) is 3.26. The van der Waals surface area contributed by atoms with Gasteiger partial charge in [0, 0.05) is 31.6 Å². The molecule has 1 unspecified atom stereocenters. The Morgan fingerprint density at radius 3 is 2.45 bits per heavy atom. The van der Waals surface area contributed by atoms with Gasteiger partial charge in [-0.15, -0.1) is 0 Å². The van der Waals surface area contributed by atoms with E-state index >= 15 is 0 Å². The first-order chi connectivity index (χ1) is 15.8. The van der Waals surface area contributed by atoms with Crippen LogP contribution in [0, 0.1) is 11.7 Å². The van der Waals surface area contributed by atoms with Crippen molar-refractivity contribution in [2.75, 3.05) is 33.9 Å². The molecule has 176 valence electrons. The number of methoxy groups -OCH3 is 2. The fourth-order valence-electron chi connectivity index (χ4n) is 3.75. The topological polar surface area (TPSA) is 71.4 Å². The highest BCUT2D eigenvalue weighted by Crippen LogP contribution is 2.34. The van der Waals surface area contributed by atoms with Crippen molar-refractivity contribution in [3.63, 3.8) is 0 Å². The van der Waals surface area contributed by atoms with Gasteiger partial charge in [-0.3, -0.25) is 9.59 Å². The van der Waals surface area contributed by atoms with E-state index in [1.54, 1.807) is 46.3 Å². The summed E-state index contributed by atoms with van der Waals surface area (Å²) < 4.78 is 24.8. The number of hydrazone groups is 1. The zero-order valence-corrected chi connectivity index (χ0v) is 19.5. The van der Waals surface area contributed by atoms with Crippen molar-refractivity contribution < 1.29 is 23.5 Å². The van der Waals surface area contributed by atoms with Gasteiger partial charge in [0.25, 0.3) is 5.91 Å². The van der Waals surface area contributed by atoms with Crippen LogP contribution in [0.3, 0.4) is 0 Å². The molecule has 0 fully saturated rings. The van der Waals surface area contributed by atoms with E-state index in [-0.39, 0.29) is 24.3 Å². The van der Waals surface area contributed by atoms with Gasteiger partial charge in [0.15, 0.2) is 0 Å². The van der Waals surface area contributed by atoms with Gasteiger partial charge in [0.2, 0.25) is 5.91 Å². The van der Waals surface area contributed by atoms with Crippen molar-refractivity contribution >= 4 is 17.5 Å².